The Morgan fingerprint density at radius 3 is 1.29 bits per heavy atom. The van der Waals surface area contributed by atoms with Crippen LogP contribution in [-0.2, 0) is 33.2 Å². The van der Waals surface area contributed by atoms with Gasteiger partial charge in [-0.05, 0) is 77.0 Å². The number of aliphatic hydroxyl groups excluding tert-OH is 11. The van der Waals surface area contributed by atoms with Crippen molar-refractivity contribution in [3.05, 3.63) is 85.1 Å². The molecule has 17 atom stereocenters. The summed E-state index contributed by atoms with van der Waals surface area (Å²) >= 11 is 0. The number of hydrogen-bond acceptors (Lipinski definition) is 18. The highest BCUT2D eigenvalue weighted by Gasteiger charge is 2.53. The first kappa shape index (κ1) is 78.2. The Morgan fingerprint density at radius 1 is 0.425 bits per heavy atom. The van der Waals surface area contributed by atoms with E-state index >= 15 is 0 Å². The monoisotopic (exact) mass is 1240 g/mol. The topological polar surface area (TPSA) is 307 Å². The largest absolute Gasteiger partial charge is 0.394 e. The van der Waals surface area contributed by atoms with Gasteiger partial charge in [0.15, 0.2) is 18.9 Å². The maximum Gasteiger partial charge on any atom is 0.220 e. The minimum absolute atomic E-state index is 0.231. The van der Waals surface area contributed by atoms with E-state index in [-0.39, 0.29) is 18.9 Å². The number of hydrogen-bond donors (Lipinski definition) is 12. The van der Waals surface area contributed by atoms with Crippen LogP contribution in [0, 0.1) is 0 Å². The molecule has 0 bridgehead atoms. The van der Waals surface area contributed by atoms with Gasteiger partial charge in [-0.2, -0.15) is 0 Å². The van der Waals surface area contributed by atoms with Crippen molar-refractivity contribution in [3.63, 3.8) is 0 Å². The van der Waals surface area contributed by atoms with Crippen LogP contribution in [0.15, 0.2) is 85.1 Å². The molecule has 0 aromatic heterocycles. The van der Waals surface area contributed by atoms with Gasteiger partial charge >= 0.3 is 0 Å². The molecule has 0 aromatic carbocycles. The number of unbranched alkanes of at least 4 members (excludes halogenated alkanes) is 21. The van der Waals surface area contributed by atoms with E-state index in [2.05, 4.69) is 92.1 Å². The van der Waals surface area contributed by atoms with Gasteiger partial charge in [0.1, 0.15) is 73.2 Å². The summed E-state index contributed by atoms with van der Waals surface area (Å²) < 4.78 is 34.2. The number of allylic oxidation sites excluding steroid dienone is 13. The summed E-state index contributed by atoms with van der Waals surface area (Å²) in [5.74, 6) is -0.290. The fourth-order valence-electron chi connectivity index (χ4n) is 10.8. The molecule has 3 rings (SSSR count). The van der Waals surface area contributed by atoms with E-state index in [4.69, 9.17) is 28.4 Å². The lowest BCUT2D eigenvalue weighted by atomic mass is 9.96. The number of aliphatic hydroxyl groups is 11. The van der Waals surface area contributed by atoms with Crippen molar-refractivity contribution in [1.82, 2.24) is 5.32 Å². The van der Waals surface area contributed by atoms with Gasteiger partial charge in [-0.15, -0.1) is 0 Å². The molecule has 0 spiro atoms. The molecule has 0 aromatic rings. The fraction of sp³-hybridized carbons (Fsp3) is 0.779. The van der Waals surface area contributed by atoms with Gasteiger partial charge in [-0.25, -0.2) is 0 Å². The first-order valence-electron chi connectivity index (χ1n) is 33.3. The second-order valence-corrected chi connectivity index (χ2v) is 23.5. The Hall–Kier alpha value is -3.03. The third kappa shape index (κ3) is 32.2. The Bertz CT molecular complexity index is 1910. The van der Waals surface area contributed by atoms with E-state index in [9.17, 15) is 61.0 Å². The standard InChI is InChI=1S/C68H117NO18/c1-3-5-7-9-11-13-15-16-17-18-19-20-21-22-23-24-25-26-27-28-29-30-31-32-33-34-36-38-40-42-44-46-56(74)69-51(52(73)45-43-41-39-37-35-14-12-10-8-6-4-2)50-82-66-62(80)59(77)64(54(48-71)84-66)87-68-63(81)60(78)65(55(49-72)85-68)86-67-61(79)58(76)57(75)53(47-70)83-67/h5,7,11,13,16-17,19-20,22-23,35,37,43,45,51-55,57-68,70-73,75-81H,3-4,6,8-10,12,14-15,18,21,24-34,36,38-42,44,46-50H2,1-2H3,(H,69,74)/b7-5-,13-11-,17-16-,20-19-,23-22-,37-35+,45-43+. The Morgan fingerprint density at radius 2 is 0.805 bits per heavy atom. The maximum atomic E-state index is 13.3. The Labute approximate surface area is 520 Å². The van der Waals surface area contributed by atoms with Gasteiger partial charge in [-0.1, -0.05) is 208 Å². The lowest BCUT2D eigenvalue weighted by Gasteiger charge is -2.48. The van der Waals surface area contributed by atoms with Crippen LogP contribution in [-0.4, -0.2) is 193 Å². The number of amides is 1. The smallest absolute Gasteiger partial charge is 0.220 e. The number of rotatable bonds is 49. The van der Waals surface area contributed by atoms with Gasteiger partial charge in [0.2, 0.25) is 5.91 Å². The summed E-state index contributed by atoms with van der Waals surface area (Å²) in [5.41, 5.74) is 0. The van der Waals surface area contributed by atoms with Crippen LogP contribution in [0.25, 0.3) is 0 Å². The third-order valence-corrected chi connectivity index (χ3v) is 16.2. The Kier molecular flexibility index (Phi) is 44.6. The molecule has 87 heavy (non-hydrogen) atoms. The second-order valence-electron chi connectivity index (χ2n) is 23.5. The summed E-state index contributed by atoms with van der Waals surface area (Å²) in [5, 5.41) is 120. The van der Waals surface area contributed by atoms with Crippen molar-refractivity contribution in [1.29, 1.82) is 0 Å². The molecule has 0 saturated carbocycles. The molecule has 0 aliphatic carbocycles. The molecule has 3 aliphatic rings. The molecule has 502 valence electrons. The van der Waals surface area contributed by atoms with Gasteiger partial charge < -0.3 is 89.9 Å². The van der Waals surface area contributed by atoms with Gasteiger partial charge in [0.05, 0.1) is 38.6 Å². The summed E-state index contributed by atoms with van der Waals surface area (Å²) in [7, 11) is 0. The van der Waals surface area contributed by atoms with Crippen molar-refractivity contribution in [3.8, 4) is 0 Å². The molecule has 3 aliphatic heterocycles. The number of nitrogens with one attached hydrogen (secondary N) is 1. The maximum absolute atomic E-state index is 13.3. The van der Waals surface area contributed by atoms with E-state index in [1.165, 1.54) is 103 Å². The van der Waals surface area contributed by atoms with Gasteiger partial charge in [0, 0.05) is 6.42 Å². The lowest BCUT2D eigenvalue weighted by molar-refractivity contribution is -0.379. The van der Waals surface area contributed by atoms with Crippen molar-refractivity contribution in [2.24, 2.45) is 0 Å². The molecule has 19 nitrogen and oxygen atoms in total. The Balaban J connectivity index is 1.37. The van der Waals surface area contributed by atoms with Crippen LogP contribution in [0.5, 0.6) is 0 Å². The first-order valence-corrected chi connectivity index (χ1v) is 33.3. The highest BCUT2D eigenvalue weighted by atomic mass is 16.8. The van der Waals surface area contributed by atoms with Crippen LogP contribution in [0.3, 0.4) is 0 Å². The third-order valence-electron chi connectivity index (χ3n) is 16.2. The second kappa shape index (κ2) is 49.6. The van der Waals surface area contributed by atoms with E-state index in [1.807, 2.05) is 6.08 Å². The summed E-state index contributed by atoms with van der Waals surface area (Å²) in [6.07, 6.45) is 35.9. The zero-order chi connectivity index (χ0) is 63.3. The molecular formula is C68H117NO18. The average Bonchev–Trinajstić information content (AvgIpc) is 3.71. The van der Waals surface area contributed by atoms with Crippen molar-refractivity contribution in [2.45, 2.75) is 311 Å². The minimum atomic E-state index is -1.98. The van der Waals surface area contributed by atoms with Crippen molar-refractivity contribution >= 4 is 5.91 Å². The van der Waals surface area contributed by atoms with Crippen LogP contribution in [0.2, 0.25) is 0 Å². The van der Waals surface area contributed by atoms with Crippen molar-refractivity contribution < 1.29 is 89.4 Å². The van der Waals surface area contributed by atoms with E-state index in [0.717, 1.165) is 70.6 Å². The molecule has 12 N–H and O–H groups in total. The summed E-state index contributed by atoms with van der Waals surface area (Å²) in [6, 6.07) is -0.992. The predicted octanol–water partition coefficient (Wildman–Crippen LogP) is 7.93. The number of ether oxygens (including phenoxy) is 6. The SMILES string of the molecule is CC/C=C\C/C=C\C/C=C\C/C=C\C/C=C\CCCCCCCCCCCCCCCCCC(=O)NC(COC1OC(CO)C(OC2OC(CO)C(OC3OC(CO)C(O)C(O)C3O)C(O)C2O)C(O)C1O)C(O)/C=C/CC/C=C/CCCCCCC. The number of carbonyl (C=O) groups is 1. The van der Waals surface area contributed by atoms with Crippen LogP contribution in [0.4, 0.5) is 0 Å². The van der Waals surface area contributed by atoms with Crippen LogP contribution in [0.1, 0.15) is 206 Å². The molecule has 3 saturated heterocycles. The van der Waals surface area contributed by atoms with Crippen LogP contribution < -0.4 is 5.32 Å². The molecular weight excluding hydrogens is 1120 g/mol. The van der Waals surface area contributed by atoms with E-state index in [1.54, 1.807) is 6.08 Å². The van der Waals surface area contributed by atoms with Crippen molar-refractivity contribution in [2.75, 3.05) is 26.4 Å². The van der Waals surface area contributed by atoms with Gasteiger partial charge in [-0.3, -0.25) is 4.79 Å². The molecule has 17 unspecified atom stereocenters. The molecule has 1 amide bonds. The predicted molar refractivity (Wildman–Crippen MR) is 337 cm³/mol. The molecule has 19 heteroatoms. The first-order chi connectivity index (χ1) is 42.3. The minimum Gasteiger partial charge on any atom is -0.394 e. The highest BCUT2D eigenvalue weighted by Crippen LogP contribution is 2.33. The zero-order valence-corrected chi connectivity index (χ0v) is 52.7. The normalized spacial score (nSPS) is 29.1. The van der Waals surface area contributed by atoms with E-state index < -0.39 is 124 Å². The molecule has 3 fully saturated rings. The highest BCUT2D eigenvalue weighted by molar-refractivity contribution is 5.76. The number of carbonyl (C=O) groups excluding carboxylic acids is 1. The fourth-order valence-corrected chi connectivity index (χ4v) is 10.8. The van der Waals surface area contributed by atoms with E-state index in [0.29, 0.717) is 12.8 Å². The molecule has 0 radical (unpaired) electrons. The zero-order valence-electron chi connectivity index (χ0n) is 52.7. The van der Waals surface area contributed by atoms with Gasteiger partial charge in [0.25, 0.3) is 0 Å². The molecule has 3 heterocycles. The summed E-state index contributed by atoms with van der Waals surface area (Å²) in [4.78, 5) is 13.3. The lowest BCUT2D eigenvalue weighted by Crippen LogP contribution is -2.66. The average molecular weight is 1240 g/mol. The quantitative estimate of drug-likeness (QED) is 0.0203. The van der Waals surface area contributed by atoms with Crippen LogP contribution >= 0.6 is 0 Å². The summed E-state index contributed by atoms with van der Waals surface area (Å²) in [6.45, 7) is 1.55.